The molecule has 0 aromatic heterocycles. The summed E-state index contributed by atoms with van der Waals surface area (Å²) in [5, 5.41) is 14.8. The third-order valence-electron chi connectivity index (χ3n) is 7.09. The highest BCUT2D eigenvalue weighted by Gasteiger charge is 2.50. The minimum atomic E-state index is -1.09. The van der Waals surface area contributed by atoms with Gasteiger partial charge in [-0.2, -0.15) is 0 Å². The second-order valence-corrected chi connectivity index (χ2v) is 9.04. The van der Waals surface area contributed by atoms with Crippen LogP contribution in [-0.4, -0.2) is 41.8 Å². The number of hydrogen-bond acceptors (Lipinski definition) is 4. The first-order valence-corrected chi connectivity index (χ1v) is 11.1. The van der Waals surface area contributed by atoms with E-state index in [2.05, 4.69) is 34.9 Å². The number of hydrogen-bond donors (Lipinski definition) is 3. The number of nitrogens with one attached hydrogen (secondary N) is 2. The third kappa shape index (κ3) is 3.61. The topological polar surface area (TPSA) is 105 Å². The van der Waals surface area contributed by atoms with E-state index in [9.17, 15) is 19.5 Å². The van der Waals surface area contributed by atoms with Gasteiger partial charge in [-0.15, -0.1) is 0 Å². The number of ether oxygens (including phenoxy) is 1. The molecule has 7 nitrogen and oxygen atoms in total. The molecule has 0 spiro atoms. The van der Waals surface area contributed by atoms with E-state index in [1.54, 1.807) is 0 Å². The number of amides is 2. The van der Waals surface area contributed by atoms with Crippen LogP contribution >= 0.6 is 0 Å². The first-order valence-electron chi connectivity index (χ1n) is 11.1. The van der Waals surface area contributed by atoms with Crippen molar-refractivity contribution in [2.24, 2.45) is 11.8 Å². The Labute approximate surface area is 186 Å². The molecule has 3 N–H and O–H groups in total. The van der Waals surface area contributed by atoms with E-state index in [0.29, 0.717) is 25.8 Å². The smallest absolute Gasteiger partial charge is 0.407 e. The number of carboxylic acids is 1. The fraction of sp³-hybridized carbons (Fsp3) is 0.400. The maximum absolute atomic E-state index is 12.4. The molecule has 2 aromatic carbocycles. The van der Waals surface area contributed by atoms with E-state index in [1.165, 1.54) is 11.1 Å². The number of alkyl carbamates (subject to hydrolysis) is 1. The third-order valence-corrected chi connectivity index (χ3v) is 7.09. The Morgan fingerprint density at radius 3 is 2.19 bits per heavy atom. The lowest BCUT2D eigenvalue weighted by Crippen LogP contribution is -2.59. The average Bonchev–Trinajstić information content (AvgIpc) is 3.48. The van der Waals surface area contributed by atoms with Gasteiger partial charge in [0.15, 0.2) is 0 Å². The molecule has 0 unspecified atom stereocenters. The summed E-state index contributed by atoms with van der Waals surface area (Å²) >= 11 is 0. The van der Waals surface area contributed by atoms with E-state index in [4.69, 9.17) is 4.74 Å². The molecule has 0 bridgehead atoms. The predicted octanol–water partition coefficient (Wildman–Crippen LogP) is 3.28. The second kappa shape index (κ2) is 7.97. The van der Waals surface area contributed by atoms with Crippen LogP contribution in [0, 0.1) is 11.8 Å². The first-order chi connectivity index (χ1) is 15.5. The Hall–Kier alpha value is -3.35. The van der Waals surface area contributed by atoms with Crippen molar-refractivity contribution in [3.8, 4) is 11.1 Å². The number of carbonyl (C=O) groups excluding carboxylic acids is 2. The maximum Gasteiger partial charge on any atom is 0.407 e. The molecule has 2 aromatic rings. The van der Waals surface area contributed by atoms with Crippen molar-refractivity contribution in [3.05, 3.63) is 59.7 Å². The summed E-state index contributed by atoms with van der Waals surface area (Å²) in [7, 11) is 0. The number of fused-ring (bicyclic) bond motifs is 3. The van der Waals surface area contributed by atoms with Crippen LogP contribution in [0.5, 0.6) is 0 Å². The number of carboxylic acid groups (broad SMARTS) is 1. The monoisotopic (exact) mass is 434 g/mol. The van der Waals surface area contributed by atoms with Gasteiger partial charge in [-0.05, 0) is 53.9 Å². The van der Waals surface area contributed by atoms with Gasteiger partial charge in [0.2, 0.25) is 5.91 Å². The summed E-state index contributed by atoms with van der Waals surface area (Å²) in [6.45, 7) is 0.588. The summed E-state index contributed by atoms with van der Waals surface area (Å²) in [5.74, 6) is -1.43. The molecule has 5 rings (SSSR count). The molecule has 2 atom stereocenters. The fourth-order valence-corrected chi connectivity index (χ4v) is 4.91. The van der Waals surface area contributed by atoms with E-state index >= 15 is 0 Å². The average molecular weight is 434 g/mol. The zero-order chi connectivity index (χ0) is 22.3. The van der Waals surface area contributed by atoms with Crippen LogP contribution in [0.2, 0.25) is 0 Å². The molecule has 166 valence electrons. The van der Waals surface area contributed by atoms with Crippen LogP contribution in [0.1, 0.15) is 42.7 Å². The van der Waals surface area contributed by atoms with Crippen molar-refractivity contribution in [2.45, 2.75) is 37.1 Å². The van der Waals surface area contributed by atoms with Gasteiger partial charge in [-0.25, -0.2) is 9.59 Å². The minimum absolute atomic E-state index is 0.00212. The highest BCUT2D eigenvalue weighted by Crippen LogP contribution is 2.44. The van der Waals surface area contributed by atoms with E-state index in [0.717, 1.165) is 17.5 Å². The molecule has 2 saturated carbocycles. The van der Waals surface area contributed by atoms with Crippen LogP contribution in [0.3, 0.4) is 0 Å². The van der Waals surface area contributed by atoms with Crippen LogP contribution in [0.4, 0.5) is 4.79 Å². The highest BCUT2D eigenvalue weighted by atomic mass is 16.5. The van der Waals surface area contributed by atoms with Gasteiger partial charge >= 0.3 is 12.1 Å². The lowest BCUT2D eigenvalue weighted by atomic mass is 9.76. The van der Waals surface area contributed by atoms with Gasteiger partial charge < -0.3 is 20.5 Å². The van der Waals surface area contributed by atoms with Gasteiger partial charge in [-0.1, -0.05) is 48.5 Å². The number of rotatable bonds is 7. The molecule has 0 heterocycles. The van der Waals surface area contributed by atoms with Crippen LogP contribution in [0.15, 0.2) is 48.5 Å². The quantitative estimate of drug-likeness (QED) is 0.620. The van der Waals surface area contributed by atoms with Crippen LogP contribution in [-0.2, 0) is 14.3 Å². The summed E-state index contributed by atoms with van der Waals surface area (Å²) in [6, 6.07) is 16.3. The standard InChI is InChI=1S/C25H26N2O5/c28-22(27-25(23(29)30)10-5-11-25)20-12-15(20)13-26-24(31)32-14-21-18-8-3-1-6-16(18)17-7-2-4-9-19(17)21/h1-4,6-9,15,20-21H,5,10-14H2,(H,26,31)(H,27,28)(H,29,30)/t15-,20-/m1/s1. The summed E-state index contributed by atoms with van der Waals surface area (Å²) in [6.07, 6.45) is 1.90. The van der Waals surface area contributed by atoms with E-state index in [1.807, 2.05) is 24.3 Å². The lowest BCUT2D eigenvalue weighted by Gasteiger charge is -2.38. The number of carbonyl (C=O) groups is 3. The molecule has 7 heteroatoms. The van der Waals surface area contributed by atoms with Crippen molar-refractivity contribution in [1.82, 2.24) is 10.6 Å². The van der Waals surface area contributed by atoms with Crippen LogP contribution in [0.25, 0.3) is 11.1 Å². The Morgan fingerprint density at radius 1 is 1.00 bits per heavy atom. The lowest BCUT2D eigenvalue weighted by molar-refractivity contribution is -0.152. The summed E-state index contributed by atoms with van der Waals surface area (Å²) < 4.78 is 5.52. The second-order valence-electron chi connectivity index (χ2n) is 9.04. The Balaban J connectivity index is 1.11. The molecule has 32 heavy (non-hydrogen) atoms. The molecule has 3 aliphatic rings. The Morgan fingerprint density at radius 2 is 1.62 bits per heavy atom. The molecular formula is C25H26N2O5. The fourth-order valence-electron chi connectivity index (χ4n) is 4.91. The summed E-state index contributed by atoms with van der Waals surface area (Å²) in [5.41, 5.74) is 3.57. The summed E-state index contributed by atoms with van der Waals surface area (Å²) in [4.78, 5) is 36.1. The predicted molar refractivity (Wildman–Crippen MR) is 117 cm³/mol. The van der Waals surface area contributed by atoms with Crippen molar-refractivity contribution in [1.29, 1.82) is 0 Å². The van der Waals surface area contributed by atoms with Gasteiger partial charge in [-0.3, -0.25) is 4.79 Å². The van der Waals surface area contributed by atoms with Crippen molar-refractivity contribution < 1.29 is 24.2 Å². The van der Waals surface area contributed by atoms with E-state index in [-0.39, 0.29) is 30.3 Å². The molecular weight excluding hydrogens is 408 g/mol. The molecule has 2 fully saturated rings. The number of aliphatic carboxylic acids is 1. The molecule has 2 amide bonds. The normalized spacial score (nSPS) is 22.1. The molecule has 0 saturated heterocycles. The van der Waals surface area contributed by atoms with E-state index < -0.39 is 17.6 Å². The number of benzene rings is 2. The molecule has 3 aliphatic carbocycles. The molecule has 0 radical (unpaired) electrons. The van der Waals surface area contributed by atoms with Gasteiger partial charge in [0.05, 0.1) is 0 Å². The van der Waals surface area contributed by atoms with Crippen molar-refractivity contribution >= 4 is 18.0 Å². The maximum atomic E-state index is 12.4. The van der Waals surface area contributed by atoms with Crippen LogP contribution < -0.4 is 10.6 Å². The minimum Gasteiger partial charge on any atom is -0.480 e. The van der Waals surface area contributed by atoms with Gasteiger partial charge in [0.1, 0.15) is 12.1 Å². The Kier molecular flexibility index (Phi) is 5.12. The largest absolute Gasteiger partial charge is 0.480 e. The van der Waals surface area contributed by atoms with Gasteiger partial charge in [0.25, 0.3) is 0 Å². The first kappa shape index (κ1) is 20.5. The SMILES string of the molecule is O=C(NC[C@H]1C[C@H]1C(=O)NC1(C(=O)O)CCC1)OCC1c2ccccc2-c2ccccc21. The zero-order valence-corrected chi connectivity index (χ0v) is 17.7. The van der Waals surface area contributed by atoms with Crippen molar-refractivity contribution in [3.63, 3.8) is 0 Å². The Bertz CT molecular complexity index is 1030. The van der Waals surface area contributed by atoms with Gasteiger partial charge in [0, 0.05) is 18.4 Å². The van der Waals surface area contributed by atoms with Crippen molar-refractivity contribution in [2.75, 3.05) is 13.2 Å². The zero-order valence-electron chi connectivity index (χ0n) is 17.7. The molecule has 0 aliphatic heterocycles. The highest BCUT2D eigenvalue weighted by molar-refractivity contribution is 5.90.